The third-order valence-corrected chi connectivity index (χ3v) is 2.24. The largest absolute Gasteiger partial charge is 0.466 e. The molecule has 20 heavy (non-hydrogen) atoms. The smallest absolute Gasteiger partial charge is 0.407 e. The molecule has 6 nitrogen and oxygen atoms in total. The summed E-state index contributed by atoms with van der Waals surface area (Å²) in [6.45, 7) is 9.85. The Labute approximate surface area is 121 Å². The number of ether oxygens (including phenoxy) is 2. The first-order chi connectivity index (χ1) is 9.35. The van der Waals surface area contributed by atoms with Gasteiger partial charge in [-0.15, -0.1) is 0 Å². The Morgan fingerprint density at radius 2 is 1.70 bits per heavy atom. The highest BCUT2D eigenvalue weighted by molar-refractivity contribution is 5.69. The van der Waals surface area contributed by atoms with Gasteiger partial charge in [-0.2, -0.15) is 0 Å². The van der Waals surface area contributed by atoms with Crippen molar-refractivity contribution in [2.45, 2.75) is 52.6 Å². The van der Waals surface area contributed by atoms with Crippen molar-refractivity contribution < 1.29 is 19.1 Å². The summed E-state index contributed by atoms with van der Waals surface area (Å²) in [5.41, 5.74) is -0.463. The molecule has 0 aliphatic heterocycles. The van der Waals surface area contributed by atoms with Crippen LogP contribution >= 0.6 is 0 Å². The van der Waals surface area contributed by atoms with Crippen molar-refractivity contribution >= 4 is 12.1 Å². The van der Waals surface area contributed by atoms with Crippen LogP contribution in [0.1, 0.15) is 47.0 Å². The van der Waals surface area contributed by atoms with Gasteiger partial charge in [0.15, 0.2) is 0 Å². The normalized spacial score (nSPS) is 11.0. The number of amides is 1. The second-order valence-corrected chi connectivity index (χ2v) is 5.44. The van der Waals surface area contributed by atoms with Crippen LogP contribution in [0, 0.1) is 0 Å². The molecule has 0 unspecified atom stereocenters. The Morgan fingerprint density at radius 1 is 1.05 bits per heavy atom. The molecule has 0 aromatic carbocycles. The maximum atomic E-state index is 11.3. The fourth-order valence-corrected chi connectivity index (χ4v) is 1.43. The van der Waals surface area contributed by atoms with Crippen molar-refractivity contribution in [1.29, 1.82) is 0 Å². The van der Waals surface area contributed by atoms with Crippen molar-refractivity contribution in [1.82, 2.24) is 10.6 Å². The molecule has 0 saturated carbocycles. The van der Waals surface area contributed by atoms with E-state index in [9.17, 15) is 9.59 Å². The van der Waals surface area contributed by atoms with Crippen LogP contribution in [-0.2, 0) is 14.3 Å². The summed E-state index contributed by atoms with van der Waals surface area (Å²) in [7, 11) is 0. The molecule has 0 atom stereocenters. The summed E-state index contributed by atoms with van der Waals surface area (Å²) in [5, 5.41) is 5.89. The summed E-state index contributed by atoms with van der Waals surface area (Å²) in [6.07, 6.45) is 1.63. The first-order valence-corrected chi connectivity index (χ1v) is 7.18. The van der Waals surface area contributed by atoms with Gasteiger partial charge in [-0.25, -0.2) is 4.79 Å². The van der Waals surface area contributed by atoms with E-state index in [1.165, 1.54) is 0 Å². The summed E-state index contributed by atoms with van der Waals surface area (Å²) < 4.78 is 9.94. The average Bonchev–Trinajstić information content (AvgIpc) is 2.30. The number of hydrogen-bond acceptors (Lipinski definition) is 5. The number of alkyl carbamates (subject to hydrolysis) is 1. The molecule has 0 aliphatic rings. The fraction of sp³-hybridized carbons (Fsp3) is 0.857. The van der Waals surface area contributed by atoms with E-state index in [0.717, 1.165) is 25.9 Å². The summed E-state index contributed by atoms with van der Waals surface area (Å²) in [5.74, 6) is -0.152. The van der Waals surface area contributed by atoms with Gasteiger partial charge >= 0.3 is 12.1 Å². The molecule has 0 aliphatic carbocycles. The van der Waals surface area contributed by atoms with Gasteiger partial charge < -0.3 is 20.1 Å². The lowest BCUT2D eigenvalue weighted by Gasteiger charge is -2.19. The predicted molar refractivity (Wildman–Crippen MR) is 77.6 cm³/mol. The van der Waals surface area contributed by atoms with Crippen LogP contribution in [0.2, 0.25) is 0 Å². The molecule has 0 radical (unpaired) electrons. The molecule has 6 heteroatoms. The Bertz CT molecular complexity index is 287. The van der Waals surface area contributed by atoms with Crippen LogP contribution in [0.25, 0.3) is 0 Å². The maximum Gasteiger partial charge on any atom is 0.407 e. The van der Waals surface area contributed by atoms with Gasteiger partial charge in [-0.1, -0.05) is 0 Å². The maximum absolute atomic E-state index is 11.3. The van der Waals surface area contributed by atoms with Crippen LogP contribution in [0.5, 0.6) is 0 Å². The lowest BCUT2D eigenvalue weighted by Crippen LogP contribution is -2.34. The van der Waals surface area contributed by atoms with Crippen molar-refractivity contribution in [2.75, 3.05) is 26.2 Å². The zero-order valence-corrected chi connectivity index (χ0v) is 13.1. The van der Waals surface area contributed by atoms with Crippen LogP contribution in [0.15, 0.2) is 0 Å². The second kappa shape index (κ2) is 10.5. The minimum atomic E-state index is -0.463. The number of esters is 1. The molecule has 0 aromatic rings. The highest BCUT2D eigenvalue weighted by atomic mass is 16.6. The van der Waals surface area contributed by atoms with Gasteiger partial charge in [0, 0.05) is 13.0 Å². The van der Waals surface area contributed by atoms with Gasteiger partial charge in [0.2, 0.25) is 0 Å². The second-order valence-electron chi connectivity index (χ2n) is 5.44. The van der Waals surface area contributed by atoms with E-state index < -0.39 is 5.60 Å². The van der Waals surface area contributed by atoms with E-state index >= 15 is 0 Å². The van der Waals surface area contributed by atoms with Crippen molar-refractivity contribution in [3.05, 3.63) is 0 Å². The molecule has 0 heterocycles. The van der Waals surface area contributed by atoms with E-state index in [4.69, 9.17) is 9.47 Å². The van der Waals surface area contributed by atoms with E-state index in [0.29, 0.717) is 19.6 Å². The summed E-state index contributed by atoms with van der Waals surface area (Å²) in [4.78, 5) is 22.4. The molecule has 0 bridgehead atoms. The Morgan fingerprint density at radius 3 is 2.30 bits per heavy atom. The number of nitrogens with one attached hydrogen (secondary N) is 2. The summed E-state index contributed by atoms with van der Waals surface area (Å²) in [6, 6.07) is 0. The van der Waals surface area contributed by atoms with Gasteiger partial charge in [0.25, 0.3) is 0 Å². The third kappa shape index (κ3) is 13.1. The number of hydrogen-bond donors (Lipinski definition) is 2. The highest BCUT2D eigenvalue weighted by Crippen LogP contribution is 2.06. The van der Waals surface area contributed by atoms with Crippen LogP contribution in [-0.4, -0.2) is 43.9 Å². The zero-order chi connectivity index (χ0) is 15.4. The van der Waals surface area contributed by atoms with E-state index in [1.807, 2.05) is 20.8 Å². The van der Waals surface area contributed by atoms with Crippen molar-refractivity contribution in [3.63, 3.8) is 0 Å². The molecule has 0 aromatic heterocycles. The predicted octanol–water partition coefficient (Wildman–Crippen LogP) is 1.83. The summed E-state index contributed by atoms with van der Waals surface area (Å²) >= 11 is 0. The third-order valence-electron chi connectivity index (χ3n) is 2.24. The Hall–Kier alpha value is -1.30. The first kappa shape index (κ1) is 18.7. The molecular formula is C14H28N2O4. The lowest BCUT2D eigenvalue weighted by atomic mass is 10.2. The van der Waals surface area contributed by atoms with Crippen LogP contribution in [0.4, 0.5) is 4.79 Å². The molecule has 0 rings (SSSR count). The van der Waals surface area contributed by atoms with Crippen molar-refractivity contribution in [3.8, 4) is 0 Å². The molecule has 0 fully saturated rings. The van der Waals surface area contributed by atoms with Gasteiger partial charge in [0.1, 0.15) is 5.60 Å². The zero-order valence-electron chi connectivity index (χ0n) is 13.1. The monoisotopic (exact) mass is 288 g/mol. The standard InChI is InChI=1S/C14H28N2O4/c1-5-19-12(17)8-6-9-15-10-7-11-16-13(18)20-14(2,3)4/h15H,5-11H2,1-4H3,(H,16,18). The SMILES string of the molecule is CCOC(=O)CCCNCCCNC(=O)OC(C)(C)C. The Kier molecular flexibility index (Phi) is 9.80. The lowest BCUT2D eigenvalue weighted by molar-refractivity contribution is -0.143. The molecule has 0 spiro atoms. The highest BCUT2D eigenvalue weighted by Gasteiger charge is 2.15. The fourth-order valence-electron chi connectivity index (χ4n) is 1.43. The Balaban J connectivity index is 3.33. The molecule has 0 saturated heterocycles. The molecule has 1 amide bonds. The van der Waals surface area contributed by atoms with E-state index in [1.54, 1.807) is 6.92 Å². The minimum Gasteiger partial charge on any atom is -0.466 e. The number of carbonyl (C=O) groups is 2. The topological polar surface area (TPSA) is 76.7 Å². The number of carbonyl (C=O) groups excluding carboxylic acids is 2. The number of rotatable bonds is 9. The van der Waals surface area contributed by atoms with Crippen molar-refractivity contribution in [2.24, 2.45) is 0 Å². The first-order valence-electron chi connectivity index (χ1n) is 7.18. The van der Waals surface area contributed by atoms with Gasteiger partial charge in [0.05, 0.1) is 6.61 Å². The van der Waals surface area contributed by atoms with Crippen LogP contribution in [0.3, 0.4) is 0 Å². The van der Waals surface area contributed by atoms with Gasteiger partial charge in [-0.3, -0.25) is 4.79 Å². The minimum absolute atomic E-state index is 0.152. The van der Waals surface area contributed by atoms with E-state index in [2.05, 4.69) is 10.6 Å². The molecular weight excluding hydrogens is 260 g/mol. The average molecular weight is 288 g/mol. The van der Waals surface area contributed by atoms with E-state index in [-0.39, 0.29) is 12.1 Å². The van der Waals surface area contributed by atoms with Crippen LogP contribution < -0.4 is 10.6 Å². The quantitative estimate of drug-likeness (QED) is 0.500. The molecule has 118 valence electrons. The van der Waals surface area contributed by atoms with Gasteiger partial charge in [-0.05, 0) is 53.6 Å². The molecule has 2 N–H and O–H groups in total.